The lowest BCUT2D eigenvalue weighted by Crippen LogP contribution is -2.31. The van der Waals surface area contributed by atoms with Crippen LogP contribution in [0.4, 0.5) is 5.69 Å². The molecule has 0 atom stereocenters. The van der Waals surface area contributed by atoms with Crippen molar-refractivity contribution in [3.63, 3.8) is 0 Å². The van der Waals surface area contributed by atoms with Crippen molar-refractivity contribution in [2.75, 3.05) is 25.0 Å². The first-order chi connectivity index (χ1) is 11.1. The number of carbonyl (C=O) groups is 1. The first-order valence-corrected chi connectivity index (χ1v) is 8.37. The fourth-order valence-corrected chi connectivity index (χ4v) is 3.16. The first-order valence-electron chi connectivity index (χ1n) is 7.55. The topological polar surface area (TPSA) is 61.4 Å². The number of hydrogen-bond donors (Lipinski definition) is 3. The number of aliphatic hydroxyl groups excluding tert-OH is 1. The highest BCUT2D eigenvalue weighted by Gasteiger charge is 2.07. The van der Waals surface area contributed by atoms with Gasteiger partial charge in [0, 0.05) is 22.0 Å². The molecule has 2 rings (SSSR count). The van der Waals surface area contributed by atoms with Gasteiger partial charge in [-0.05, 0) is 37.6 Å². The summed E-state index contributed by atoms with van der Waals surface area (Å²) in [6, 6.07) is 14.3. The summed E-state index contributed by atoms with van der Waals surface area (Å²) >= 11 is 1.68. The number of anilines is 1. The van der Waals surface area contributed by atoms with Crippen molar-refractivity contribution < 1.29 is 9.90 Å². The predicted octanol–water partition coefficient (Wildman–Crippen LogP) is 2.98. The maximum absolute atomic E-state index is 11.6. The van der Waals surface area contributed by atoms with Crippen LogP contribution >= 0.6 is 11.8 Å². The van der Waals surface area contributed by atoms with E-state index in [0.717, 1.165) is 10.6 Å². The van der Waals surface area contributed by atoms with E-state index in [1.54, 1.807) is 11.8 Å². The zero-order valence-corrected chi connectivity index (χ0v) is 14.2. The molecule has 0 unspecified atom stereocenters. The van der Waals surface area contributed by atoms with Gasteiger partial charge in [-0.1, -0.05) is 41.6 Å². The van der Waals surface area contributed by atoms with Crippen LogP contribution in [-0.4, -0.2) is 30.7 Å². The van der Waals surface area contributed by atoms with Gasteiger partial charge in [0.2, 0.25) is 5.91 Å². The average Bonchev–Trinajstić information content (AvgIpc) is 2.54. The van der Waals surface area contributed by atoms with Crippen LogP contribution in [0.2, 0.25) is 0 Å². The molecule has 0 aliphatic rings. The van der Waals surface area contributed by atoms with E-state index < -0.39 is 0 Å². The molecule has 0 heterocycles. The Balaban J connectivity index is 2.06. The molecular formula is C18H22N2O2S. The molecule has 0 saturated carbocycles. The second-order valence-electron chi connectivity index (χ2n) is 5.29. The van der Waals surface area contributed by atoms with Gasteiger partial charge in [0.15, 0.2) is 0 Å². The number of rotatable bonds is 7. The molecule has 23 heavy (non-hydrogen) atoms. The van der Waals surface area contributed by atoms with Crippen molar-refractivity contribution in [1.82, 2.24) is 5.32 Å². The molecule has 3 N–H and O–H groups in total. The smallest absolute Gasteiger partial charge is 0.239 e. The molecule has 0 aliphatic heterocycles. The number of aryl methyl sites for hydroxylation is 2. The lowest BCUT2D eigenvalue weighted by atomic mass is 10.2. The maximum Gasteiger partial charge on any atom is 0.239 e. The summed E-state index contributed by atoms with van der Waals surface area (Å²) in [4.78, 5) is 13.9. The number of aliphatic hydroxyl groups is 1. The van der Waals surface area contributed by atoms with E-state index in [-0.39, 0.29) is 25.6 Å². The number of hydrogen-bond acceptors (Lipinski definition) is 4. The summed E-state index contributed by atoms with van der Waals surface area (Å²) in [6.45, 7) is 4.60. The van der Waals surface area contributed by atoms with Gasteiger partial charge in [0.25, 0.3) is 0 Å². The highest BCUT2D eigenvalue weighted by Crippen LogP contribution is 2.35. The molecule has 122 valence electrons. The van der Waals surface area contributed by atoms with Gasteiger partial charge in [0.05, 0.1) is 13.2 Å². The minimum atomic E-state index is -0.134. The van der Waals surface area contributed by atoms with Crippen LogP contribution < -0.4 is 10.6 Å². The molecule has 0 spiro atoms. The van der Waals surface area contributed by atoms with Crippen molar-refractivity contribution in [2.24, 2.45) is 0 Å². The SMILES string of the molecule is Cc1ccc(Sc2ccccc2NCC(=O)NCCO)c(C)c1. The zero-order chi connectivity index (χ0) is 16.7. The molecule has 0 bridgehead atoms. The monoisotopic (exact) mass is 330 g/mol. The van der Waals surface area contributed by atoms with Crippen molar-refractivity contribution in [2.45, 2.75) is 23.6 Å². The van der Waals surface area contributed by atoms with Crippen molar-refractivity contribution in [3.8, 4) is 0 Å². The average molecular weight is 330 g/mol. The molecule has 2 aromatic carbocycles. The number of nitrogens with one attached hydrogen (secondary N) is 2. The van der Waals surface area contributed by atoms with E-state index in [4.69, 9.17) is 5.11 Å². The van der Waals surface area contributed by atoms with E-state index >= 15 is 0 Å². The number of para-hydroxylation sites is 1. The zero-order valence-electron chi connectivity index (χ0n) is 13.4. The molecule has 2 aromatic rings. The molecule has 0 aromatic heterocycles. The third kappa shape index (κ3) is 5.30. The molecule has 0 radical (unpaired) electrons. The highest BCUT2D eigenvalue weighted by atomic mass is 32.2. The van der Waals surface area contributed by atoms with Gasteiger partial charge in [-0.15, -0.1) is 0 Å². The van der Waals surface area contributed by atoms with Gasteiger partial charge in [0.1, 0.15) is 0 Å². The number of benzene rings is 2. The van der Waals surface area contributed by atoms with Gasteiger partial charge in [-0.3, -0.25) is 4.79 Å². The highest BCUT2D eigenvalue weighted by molar-refractivity contribution is 7.99. The van der Waals surface area contributed by atoms with E-state index in [9.17, 15) is 4.79 Å². The number of carbonyl (C=O) groups excluding carboxylic acids is 1. The Hall–Kier alpha value is -1.98. The van der Waals surface area contributed by atoms with Gasteiger partial charge < -0.3 is 15.7 Å². The van der Waals surface area contributed by atoms with Crippen molar-refractivity contribution in [3.05, 3.63) is 53.6 Å². The lowest BCUT2D eigenvalue weighted by molar-refractivity contribution is -0.119. The Morgan fingerprint density at radius 1 is 1.13 bits per heavy atom. The standard InChI is InChI=1S/C18H22N2O2S/c1-13-7-8-16(14(2)11-13)23-17-6-4-3-5-15(17)20-12-18(22)19-9-10-21/h3-8,11,20-21H,9-10,12H2,1-2H3,(H,19,22). The second kappa shape index (κ2) is 8.60. The summed E-state index contributed by atoms with van der Waals surface area (Å²) in [7, 11) is 0. The minimum absolute atomic E-state index is 0.0507. The van der Waals surface area contributed by atoms with Gasteiger partial charge in [-0.25, -0.2) is 0 Å². The second-order valence-corrected chi connectivity index (χ2v) is 6.38. The van der Waals surface area contributed by atoms with E-state index in [1.165, 1.54) is 16.0 Å². The number of amides is 1. The van der Waals surface area contributed by atoms with E-state index in [1.807, 2.05) is 24.3 Å². The van der Waals surface area contributed by atoms with Gasteiger partial charge >= 0.3 is 0 Å². The Bertz CT molecular complexity index is 674. The molecule has 5 heteroatoms. The normalized spacial score (nSPS) is 10.4. The molecule has 0 fully saturated rings. The summed E-state index contributed by atoms with van der Waals surface area (Å²) in [5.74, 6) is -0.134. The molecule has 0 saturated heterocycles. The summed E-state index contributed by atoms with van der Waals surface area (Å²) in [5.41, 5.74) is 3.42. The van der Waals surface area contributed by atoms with Crippen LogP contribution in [0.25, 0.3) is 0 Å². The fraction of sp³-hybridized carbons (Fsp3) is 0.278. The first kappa shape index (κ1) is 17.4. The molecule has 4 nitrogen and oxygen atoms in total. The molecular weight excluding hydrogens is 308 g/mol. The van der Waals surface area contributed by atoms with Gasteiger partial charge in [-0.2, -0.15) is 0 Å². The van der Waals surface area contributed by atoms with Crippen LogP contribution in [0, 0.1) is 13.8 Å². The molecule has 1 amide bonds. The Morgan fingerprint density at radius 2 is 1.91 bits per heavy atom. The van der Waals surface area contributed by atoms with Crippen LogP contribution in [-0.2, 0) is 4.79 Å². The third-order valence-electron chi connectivity index (χ3n) is 3.31. The summed E-state index contributed by atoms with van der Waals surface area (Å²) < 4.78 is 0. The predicted molar refractivity (Wildman–Crippen MR) is 95.1 cm³/mol. The Kier molecular flexibility index (Phi) is 6.50. The Labute approximate surface area is 141 Å². The minimum Gasteiger partial charge on any atom is -0.395 e. The van der Waals surface area contributed by atoms with Crippen LogP contribution in [0.3, 0.4) is 0 Å². The fourth-order valence-electron chi connectivity index (χ4n) is 2.17. The van der Waals surface area contributed by atoms with Crippen molar-refractivity contribution in [1.29, 1.82) is 0 Å². The largest absolute Gasteiger partial charge is 0.395 e. The van der Waals surface area contributed by atoms with Crippen molar-refractivity contribution >= 4 is 23.4 Å². The quantitative estimate of drug-likeness (QED) is 0.730. The maximum atomic E-state index is 11.6. The molecule has 0 aliphatic carbocycles. The van der Waals surface area contributed by atoms with E-state index in [2.05, 4.69) is 42.7 Å². The van der Waals surface area contributed by atoms with E-state index in [0.29, 0.717) is 0 Å². The van der Waals surface area contributed by atoms with Crippen LogP contribution in [0.5, 0.6) is 0 Å². The Morgan fingerprint density at radius 3 is 2.65 bits per heavy atom. The summed E-state index contributed by atoms with van der Waals surface area (Å²) in [5, 5.41) is 14.5. The summed E-state index contributed by atoms with van der Waals surface area (Å²) in [6.07, 6.45) is 0. The van der Waals surface area contributed by atoms with Crippen LogP contribution in [0.1, 0.15) is 11.1 Å². The third-order valence-corrected chi connectivity index (χ3v) is 4.56. The van der Waals surface area contributed by atoms with Crippen LogP contribution in [0.15, 0.2) is 52.3 Å². The lowest BCUT2D eigenvalue weighted by Gasteiger charge is -2.13.